The van der Waals surface area contributed by atoms with E-state index in [0.717, 1.165) is 11.6 Å². The van der Waals surface area contributed by atoms with E-state index >= 15 is 0 Å². The average molecular weight is 198 g/mol. The first-order valence-corrected chi connectivity index (χ1v) is 5.17. The fourth-order valence-electron chi connectivity index (χ4n) is 1.59. The number of aromatic nitrogens is 2. The van der Waals surface area contributed by atoms with E-state index in [-0.39, 0.29) is 5.41 Å². The highest BCUT2D eigenvalue weighted by molar-refractivity contribution is 7.09. The average Bonchev–Trinajstić information content (AvgIpc) is 2.56. The van der Waals surface area contributed by atoms with Gasteiger partial charge in [0.2, 0.25) is 5.13 Å². The van der Waals surface area contributed by atoms with E-state index in [1.165, 1.54) is 11.5 Å². The molecule has 0 amide bonds. The Hall–Kier alpha value is -0.680. The summed E-state index contributed by atoms with van der Waals surface area (Å²) in [4.78, 5) is 4.08. The largest absolute Gasteiger partial charge is 0.357 e. The summed E-state index contributed by atoms with van der Waals surface area (Å²) in [6.45, 7) is 4.36. The summed E-state index contributed by atoms with van der Waals surface area (Å²) in [5, 5.41) is 4.24. The van der Waals surface area contributed by atoms with Gasteiger partial charge in [0.1, 0.15) is 6.33 Å². The van der Waals surface area contributed by atoms with Gasteiger partial charge in [-0.1, -0.05) is 13.8 Å². The maximum atomic E-state index is 5.90. The van der Waals surface area contributed by atoms with Crippen molar-refractivity contribution >= 4 is 16.7 Å². The molecule has 4 nitrogen and oxygen atoms in total. The standard InChI is InChI=1S/C8H14N4S/c1-8(2)5(9)3-6(8)12-7-10-4-11-13-7/h4-6H,3,9H2,1-2H3,(H,10,11,12). The van der Waals surface area contributed by atoms with Crippen molar-refractivity contribution in [1.82, 2.24) is 9.36 Å². The fraction of sp³-hybridized carbons (Fsp3) is 0.750. The SMILES string of the molecule is CC1(C)C(N)CC1Nc1ncns1. The molecule has 0 radical (unpaired) electrons. The molecule has 1 aliphatic rings. The van der Waals surface area contributed by atoms with Crippen LogP contribution >= 0.6 is 11.5 Å². The molecule has 1 fully saturated rings. The number of nitrogens with zero attached hydrogens (tertiary/aromatic N) is 2. The summed E-state index contributed by atoms with van der Waals surface area (Å²) in [7, 11) is 0. The fourth-order valence-corrected chi connectivity index (χ4v) is 2.07. The van der Waals surface area contributed by atoms with Crippen molar-refractivity contribution in [3.05, 3.63) is 6.33 Å². The van der Waals surface area contributed by atoms with Crippen LogP contribution in [0.4, 0.5) is 5.13 Å². The van der Waals surface area contributed by atoms with Gasteiger partial charge in [0.05, 0.1) is 0 Å². The van der Waals surface area contributed by atoms with Crippen LogP contribution in [-0.4, -0.2) is 21.4 Å². The summed E-state index contributed by atoms with van der Waals surface area (Å²) in [5.41, 5.74) is 6.08. The highest BCUT2D eigenvalue weighted by Gasteiger charge is 2.46. The Labute approximate surface area is 81.7 Å². The Balaban J connectivity index is 1.98. The molecular formula is C8H14N4S. The zero-order valence-electron chi connectivity index (χ0n) is 7.82. The molecule has 0 aliphatic heterocycles. The molecule has 2 unspecified atom stereocenters. The second kappa shape index (κ2) is 2.92. The molecule has 3 N–H and O–H groups in total. The van der Waals surface area contributed by atoms with Crippen molar-refractivity contribution in [2.45, 2.75) is 32.4 Å². The van der Waals surface area contributed by atoms with Crippen LogP contribution in [-0.2, 0) is 0 Å². The number of rotatable bonds is 2. The lowest BCUT2D eigenvalue weighted by Crippen LogP contribution is -2.61. The molecule has 0 bridgehead atoms. The smallest absolute Gasteiger partial charge is 0.202 e. The monoisotopic (exact) mass is 198 g/mol. The summed E-state index contributed by atoms with van der Waals surface area (Å²) in [5.74, 6) is 0. The highest BCUT2D eigenvalue weighted by Crippen LogP contribution is 2.40. The van der Waals surface area contributed by atoms with Crippen molar-refractivity contribution in [2.24, 2.45) is 11.1 Å². The van der Waals surface area contributed by atoms with Gasteiger partial charge in [-0.05, 0) is 6.42 Å². The van der Waals surface area contributed by atoms with E-state index in [0.29, 0.717) is 12.1 Å². The van der Waals surface area contributed by atoms with Gasteiger partial charge in [-0.15, -0.1) is 0 Å². The van der Waals surface area contributed by atoms with Crippen molar-refractivity contribution in [1.29, 1.82) is 0 Å². The van der Waals surface area contributed by atoms with Crippen molar-refractivity contribution in [3.8, 4) is 0 Å². The Morgan fingerprint density at radius 3 is 2.92 bits per heavy atom. The summed E-state index contributed by atoms with van der Waals surface area (Å²) >= 11 is 1.39. The third-order valence-electron chi connectivity index (χ3n) is 3.00. The molecule has 1 aromatic rings. The molecule has 2 atom stereocenters. The predicted octanol–water partition coefficient (Wildman–Crippen LogP) is 1.08. The maximum absolute atomic E-state index is 5.90. The molecule has 1 heterocycles. The molecule has 5 heteroatoms. The van der Waals surface area contributed by atoms with Crippen molar-refractivity contribution in [2.75, 3.05) is 5.32 Å². The molecule has 0 spiro atoms. The third kappa shape index (κ3) is 1.42. The van der Waals surface area contributed by atoms with E-state index in [1.807, 2.05) is 0 Å². The van der Waals surface area contributed by atoms with Gasteiger partial charge in [0.15, 0.2) is 0 Å². The minimum Gasteiger partial charge on any atom is -0.357 e. The van der Waals surface area contributed by atoms with Crippen LogP contribution < -0.4 is 11.1 Å². The summed E-state index contributed by atoms with van der Waals surface area (Å²) in [6.07, 6.45) is 2.59. The lowest BCUT2D eigenvalue weighted by molar-refractivity contribution is 0.117. The van der Waals surface area contributed by atoms with E-state index < -0.39 is 0 Å². The Morgan fingerprint density at radius 1 is 1.69 bits per heavy atom. The lowest BCUT2D eigenvalue weighted by Gasteiger charge is -2.50. The number of nitrogens with two attached hydrogens (primary N) is 1. The molecule has 72 valence electrons. The lowest BCUT2D eigenvalue weighted by atomic mass is 9.63. The second-order valence-electron chi connectivity index (χ2n) is 4.11. The van der Waals surface area contributed by atoms with Crippen LogP contribution in [0.5, 0.6) is 0 Å². The van der Waals surface area contributed by atoms with E-state index in [2.05, 4.69) is 28.5 Å². The normalized spacial score (nSPS) is 31.0. The van der Waals surface area contributed by atoms with Crippen LogP contribution in [0, 0.1) is 5.41 Å². The van der Waals surface area contributed by atoms with Gasteiger partial charge in [0, 0.05) is 29.0 Å². The van der Waals surface area contributed by atoms with Crippen LogP contribution in [0.25, 0.3) is 0 Å². The van der Waals surface area contributed by atoms with E-state index in [1.54, 1.807) is 6.33 Å². The zero-order chi connectivity index (χ0) is 9.47. The maximum Gasteiger partial charge on any atom is 0.202 e. The highest BCUT2D eigenvalue weighted by atomic mass is 32.1. The first kappa shape index (κ1) is 8.90. The van der Waals surface area contributed by atoms with E-state index in [9.17, 15) is 0 Å². The van der Waals surface area contributed by atoms with Gasteiger partial charge in [-0.25, -0.2) is 4.98 Å². The Kier molecular flexibility index (Phi) is 2.00. The van der Waals surface area contributed by atoms with Gasteiger partial charge in [0.25, 0.3) is 0 Å². The number of hydrogen-bond donors (Lipinski definition) is 2. The minimum absolute atomic E-state index is 0.172. The van der Waals surface area contributed by atoms with Crippen LogP contribution in [0.3, 0.4) is 0 Å². The molecule has 1 saturated carbocycles. The first-order valence-electron chi connectivity index (χ1n) is 4.39. The van der Waals surface area contributed by atoms with Crippen molar-refractivity contribution < 1.29 is 0 Å². The van der Waals surface area contributed by atoms with Gasteiger partial charge < -0.3 is 11.1 Å². The number of anilines is 1. The predicted molar refractivity (Wildman–Crippen MR) is 53.7 cm³/mol. The topological polar surface area (TPSA) is 63.8 Å². The third-order valence-corrected chi connectivity index (χ3v) is 3.60. The minimum atomic E-state index is 0.172. The van der Waals surface area contributed by atoms with Crippen LogP contribution in [0.15, 0.2) is 6.33 Å². The molecule has 0 saturated heterocycles. The number of nitrogens with one attached hydrogen (secondary N) is 1. The van der Waals surface area contributed by atoms with Gasteiger partial charge >= 0.3 is 0 Å². The van der Waals surface area contributed by atoms with E-state index in [4.69, 9.17) is 5.73 Å². The first-order chi connectivity index (χ1) is 6.10. The van der Waals surface area contributed by atoms with Gasteiger partial charge in [-0.3, -0.25) is 0 Å². The number of hydrogen-bond acceptors (Lipinski definition) is 5. The molecular weight excluding hydrogens is 184 g/mol. The summed E-state index contributed by atoms with van der Waals surface area (Å²) < 4.78 is 3.94. The van der Waals surface area contributed by atoms with Gasteiger partial charge in [-0.2, -0.15) is 4.37 Å². The summed E-state index contributed by atoms with van der Waals surface area (Å²) in [6, 6.07) is 0.744. The molecule has 1 aromatic heterocycles. The van der Waals surface area contributed by atoms with Crippen LogP contribution in [0.2, 0.25) is 0 Å². The van der Waals surface area contributed by atoms with Crippen molar-refractivity contribution in [3.63, 3.8) is 0 Å². The molecule has 1 aliphatic carbocycles. The second-order valence-corrected chi connectivity index (χ2v) is 4.89. The quantitative estimate of drug-likeness (QED) is 0.746. The Morgan fingerprint density at radius 2 is 2.46 bits per heavy atom. The molecule has 0 aromatic carbocycles. The van der Waals surface area contributed by atoms with Crippen LogP contribution in [0.1, 0.15) is 20.3 Å². The molecule has 13 heavy (non-hydrogen) atoms. The Bertz CT molecular complexity index is 282. The zero-order valence-corrected chi connectivity index (χ0v) is 8.64. The molecule has 2 rings (SSSR count).